The minimum absolute atomic E-state index is 0.212. The minimum atomic E-state index is -0.268. The SMILES string of the molecule is CSc1nnc(Sc2c(F)cccc2[C@@H](C)N)s1. The molecule has 1 aromatic carbocycles. The van der Waals surface area contributed by atoms with Crippen molar-refractivity contribution in [2.45, 2.75) is 26.5 Å². The molecule has 0 aliphatic carbocycles. The van der Waals surface area contributed by atoms with E-state index in [2.05, 4.69) is 10.2 Å². The van der Waals surface area contributed by atoms with Gasteiger partial charge in [0.2, 0.25) is 0 Å². The van der Waals surface area contributed by atoms with E-state index in [9.17, 15) is 4.39 Å². The summed E-state index contributed by atoms with van der Waals surface area (Å²) >= 11 is 4.26. The first-order valence-electron chi connectivity index (χ1n) is 5.21. The highest BCUT2D eigenvalue weighted by molar-refractivity contribution is 8.03. The second-order valence-corrected chi connectivity index (χ2v) is 6.88. The molecule has 1 aromatic heterocycles. The van der Waals surface area contributed by atoms with Gasteiger partial charge in [-0.15, -0.1) is 10.2 Å². The number of halogens is 1. The van der Waals surface area contributed by atoms with Crippen LogP contribution in [0.2, 0.25) is 0 Å². The average Bonchev–Trinajstić information content (AvgIpc) is 2.79. The maximum Gasteiger partial charge on any atom is 0.179 e. The molecule has 7 heteroatoms. The smallest absolute Gasteiger partial charge is 0.179 e. The van der Waals surface area contributed by atoms with Crippen LogP contribution in [0.15, 0.2) is 31.8 Å². The summed E-state index contributed by atoms with van der Waals surface area (Å²) in [7, 11) is 0. The van der Waals surface area contributed by atoms with Crippen molar-refractivity contribution in [3.63, 3.8) is 0 Å². The lowest BCUT2D eigenvalue weighted by Crippen LogP contribution is -2.07. The molecule has 0 aliphatic rings. The third-order valence-corrected chi connectivity index (χ3v) is 5.32. The number of thioether (sulfide) groups is 1. The van der Waals surface area contributed by atoms with Gasteiger partial charge in [0.05, 0.1) is 4.90 Å². The molecule has 0 saturated carbocycles. The number of rotatable bonds is 4. The Morgan fingerprint density at radius 2 is 2.06 bits per heavy atom. The molecule has 3 nitrogen and oxygen atoms in total. The Labute approximate surface area is 117 Å². The van der Waals surface area contributed by atoms with Crippen molar-refractivity contribution in [2.75, 3.05) is 6.26 Å². The van der Waals surface area contributed by atoms with Gasteiger partial charge in [-0.1, -0.05) is 47.0 Å². The van der Waals surface area contributed by atoms with Crippen molar-refractivity contribution in [2.24, 2.45) is 5.73 Å². The molecule has 0 aliphatic heterocycles. The van der Waals surface area contributed by atoms with Gasteiger partial charge in [0.15, 0.2) is 8.68 Å². The van der Waals surface area contributed by atoms with Gasteiger partial charge in [-0.05, 0) is 24.8 Å². The zero-order chi connectivity index (χ0) is 13.1. The molecule has 0 spiro atoms. The second kappa shape index (κ2) is 6.01. The Morgan fingerprint density at radius 3 is 2.67 bits per heavy atom. The minimum Gasteiger partial charge on any atom is -0.324 e. The summed E-state index contributed by atoms with van der Waals surface area (Å²) in [5.41, 5.74) is 6.64. The number of hydrogen-bond acceptors (Lipinski definition) is 6. The van der Waals surface area contributed by atoms with Crippen molar-refractivity contribution in [1.29, 1.82) is 0 Å². The largest absolute Gasteiger partial charge is 0.324 e. The Hall–Kier alpha value is -0.630. The van der Waals surface area contributed by atoms with Gasteiger partial charge in [-0.25, -0.2) is 4.39 Å². The lowest BCUT2D eigenvalue weighted by atomic mass is 10.1. The normalized spacial score (nSPS) is 12.7. The van der Waals surface area contributed by atoms with Crippen molar-refractivity contribution >= 4 is 34.9 Å². The van der Waals surface area contributed by atoms with Crippen LogP contribution in [0, 0.1) is 5.82 Å². The van der Waals surface area contributed by atoms with Crippen LogP contribution in [0.5, 0.6) is 0 Å². The zero-order valence-electron chi connectivity index (χ0n) is 9.88. The van der Waals surface area contributed by atoms with Crippen molar-refractivity contribution < 1.29 is 4.39 Å². The topological polar surface area (TPSA) is 51.8 Å². The summed E-state index contributed by atoms with van der Waals surface area (Å²) < 4.78 is 15.5. The van der Waals surface area contributed by atoms with Gasteiger partial charge in [0, 0.05) is 6.04 Å². The lowest BCUT2D eigenvalue weighted by Gasteiger charge is -2.11. The molecule has 0 unspecified atom stereocenters. The van der Waals surface area contributed by atoms with Crippen LogP contribution < -0.4 is 5.73 Å². The van der Waals surface area contributed by atoms with E-state index in [0.29, 0.717) is 4.90 Å². The van der Waals surface area contributed by atoms with E-state index in [0.717, 1.165) is 14.2 Å². The summed E-state index contributed by atoms with van der Waals surface area (Å²) in [4.78, 5) is 0.538. The summed E-state index contributed by atoms with van der Waals surface area (Å²) in [6, 6.07) is 4.74. The third kappa shape index (κ3) is 3.03. The van der Waals surface area contributed by atoms with Crippen LogP contribution in [-0.2, 0) is 0 Å². The Bertz CT molecular complexity index is 542. The van der Waals surface area contributed by atoms with E-state index < -0.39 is 0 Å². The molecule has 96 valence electrons. The first-order valence-corrected chi connectivity index (χ1v) is 8.07. The molecule has 0 amide bonds. The van der Waals surface area contributed by atoms with E-state index >= 15 is 0 Å². The molecule has 0 fully saturated rings. The number of aromatic nitrogens is 2. The predicted octanol–water partition coefficient (Wildman–Crippen LogP) is 3.57. The summed E-state index contributed by atoms with van der Waals surface area (Å²) in [5, 5.41) is 8.02. The standard InChI is InChI=1S/C11H12FN3S3/c1-6(13)7-4-3-5-8(12)9(7)17-11-15-14-10(16-2)18-11/h3-6H,13H2,1-2H3/t6-/m1/s1. The van der Waals surface area contributed by atoms with Gasteiger partial charge in [-0.3, -0.25) is 0 Å². The van der Waals surface area contributed by atoms with Crippen molar-refractivity contribution in [3.05, 3.63) is 29.6 Å². The molecular formula is C11H12FN3S3. The number of hydrogen-bond donors (Lipinski definition) is 1. The highest BCUT2D eigenvalue weighted by Crippen LogP contribution is 2.37. The van der Waals surface area contributed by atoms with Crippen LogP contribution in [0.25, 0.3) is 0 Å². The van der Waals surface area contributed by atoms with Crippen LogP contribution >= 0.6 is 34.9 Å². The van der Waals surface area contributed by atoms with Crippen molar-refractivity contribution in [3.8, 4) is 0 Å². The number of nitrogens with two attached hydrogens (primary N) is 1. The summed E-state index contributed by atoms with van der Waals surface area (Å²) in [6.45, 7) is 1.84. The van der Waals surface area contributed by atoms with Gasteiger partial charge < -0.3 is 5.73 Å². The Morgan fingerprint density at radius 1 is 1.33 bits per heavy atom. The van der Waals surface area contributed by atoms with Crippen molar-refractivity contribution in [1.82, 2.24) is 10.2 Å². The molecule has 1 atom stereocenters. The molecule has 0 saturated heterocycles. The fourth-order valence-electron chi connectivity index (χ4n) is 1.40. The van der Waals surface area contributed by atoms with Gasteiger partial charge in [0.1, 0.15) is 5.82 Å². The first kappa shape index (κ1) is 13.8. The summed E-state index contributed by atoms with van der Waals surface area (Å²) in [6.07, 6.45) is 1.94. The fourth-order valence-corrected chi connectivity index (χ4v) is 4.01. The van der Waals surface area contributed by atoms with E-state index in [1.54, 1.807) is 6.07 Å². The van der Waals surface area contributed by atoms with Crippen LogP contribution in [-0.4, -0.2) is 16.5 Å². The average molecular weight is 301 g/mol. The number of nitrogens with zero attached hydrogens (tertiary/aromatic N) is 2. The fraction of sp³-hybridized carbons (Fsp3) is 0.273. The Kier molecular flexibility index (Phi) is 4.60. The third-order valence-electron chi connectivity index (χ3n) is 2.24. The van der Waals surface area contributed by atoms with E-state index in [1.165, 1.54) is 40.9 Å². The molecule has 2 N–H and O–H groups in total. The van der Waals surface area contributed by atoms with Crippen LogP contribution in [0.1, 0.15) is 18.5 Å². The zero-order valence-corrected chi connectivity index (χ0v) is 12.3. The van der Waals surface area contributed by atoms with Gasteiger partial charge in [0.25, 0.3) is 0 Å². The quantitative estimate of drug-likeness (QED) is 0.875. The van der Waals surface area contributed by atoms with E-state index in [1.807, 2.05) is 19.2 Å². The van der Waals surface area contributed by atoms with Crippen LogP contribution in [0.3, 0.4) is 0 Å². The molecule has 2 aromatic rings. The molecule has 18 heavy (non-hydrogen) atoms. The predicted molar refractivity (Wildman–Crippen MR) is 74.8 cm³/mol. The molecule has 0 radical (unpaired) electrons. The molecule has 1 heterocycles. The number of benzene rings is 1. The second-order valence-electron chi connectivity index (χ2n) is 3.59. The first-order chi connectivity index (χ1) is 8.61. The van der Waals surface area contributed by atoms with Gasteiger partial charge in [-0.2, -0.15) is 0 Å². The van der Waals surface area contributed by atoms with E-state index in [4.69, 9.17) is 5.73 Å². The Balaban J connectivity index is 2.33. The maximum atomic E-state index is 13.9. The monoisotopic (exact) mass is 301 g/mol. The highest BCUT2D eigenvalue weighted by Gasteiger charge is 2.15. The van der Waals surface area contributed by atoms with E-state index in [-0.39, 0.29) is 11.9 Å². The lowest BCUT2D eigenvalue weighted by molar-refractivity contribution is 0.591. The maximum absolute atomic E-state index is 13.9. The molecule has 0 bridgehead atoms. The molecular weight excluding hydrogens is 289 g/mol. The van der Waals surface area contributed by atoms with Gasteiger partial charge >= 0.3 is 0 Å². The van der Waals surface area contributed by atoms with Crippen LogP contribution in [0.4, 0.5) is 4.39 Å². The molecule has 2 rings (SSSR count). The highest BCUT2D eigenvalue weighted by atomic mass is 32.2. The summed E-state index contributed by atoms with van der Waals surface area (Å²) in [5.74, 6) is -0.268.